The maximum Gasteiger partial charge on any atom is 0.344 e. The van der Waals surface area contributed by atoms with Crippen molar-refractivity contribution in [2.24, 2.45) is 0 Å². The number of ether oxygens (including phenoxy) is 1. The Morgan fingerprint density at radius 2 is 1.83 bits per heavy atom. The average Bonchev–Trinajstić information content (AvgIpc) is 2.49. The monoisotopic (exact) mass is 386 g/mol. The maximum atomic E-state index is 11.5. The van der Waals surface area contributed by atoms with Crippen LogP contribution < -0.4 is 4.74 Å². The molecule has 0 aliphatic rings. The summed E-state index contributed by atoms with van der Waals surface area (Å²) in [6.45, 7) is 1.44. The van der Waals surface area contributed by atoms with E-state index in [1.54, 1.807) is 30.3 Å². The summed E-state index contributed by atoms with van der Waals surface area (Å²) in [6, 6.07) is 11.3. The van der Waals surface area contributed by atoms with Gasteiger partial charge in [0, 0.05) is 16.2 Å². The third-order valence-electron chi connectivity index (χ3n) is 3.04. The number of rotatable bonds is 6. The second-order valence-corrected chi connectivity index (χ2v) is 8.60. The van der Waals surface area contributed by atoms with E-state index in [0.29, 0.717) is 15.7 Å². The van der Waals surface area contributed by atoms with Gasteiger partial charge in [-0.1, -0.05) is 23.4 Å². The van der Waals surface area contributed by atoms with Crippen LogP contribution in [-0.4, -0.2) is 31.9 Å². The van der Waals surface area contributed by atoms with Gasteiger partial charge in [0.05, 0.1) is 9.79 Å². The molecule has 1 N–H and O–H groups in total. The molecule has 0 saturated heterocycles. The maximum absolute atomic E-state index is 11.5. The number of carboxylic acids is 1. The van der Waals surface area contributed by atoms with Gasteiger partial charge in [-0.25, -0.2) is 13.2 Å². The molecule has 24 heavy (non-hydrogen) atoms. The number of aliphatic carboxylic acids is 1. The normalized spacial score (nSPS) is 12.6. The van der Waals surface area contributed by atoms with Crippen LogP contribution >= 0.6 is 23.4 Å². The van der Waals surface area contributed by atoms with Crippen molar-refractivity contribution in [3.05, 3.63) is 47.5 Å². The molecule has 2 aromatic rings. The van der Waals surface area contributed by atoms with E-state index < -0.39 is 21.9 Å². The second-order valence-electron chi connectivity index (χ2n) is 5.04. The molecule has 0 aliphatic carbocycles. The number of benzene rings is 2. The summed E-state index contributed by atoms with van der Waals surface area (Å²) in [5.74, 6) is -0.676. The van der Waals surface area contributed by atoms with Gasteiger partial charge in [-0.05, 0) is 49.4 Å². The lowest BCUT2D eigenvalue weighted by Gasteiger charge is -2.14. The third-order valence-corrected chi connectivity index (χ3v) is 5.45. The van der Waals surface area contributed by atoms with Gasteiger partial charge in [0.25, 0.3) is 0 Å². The molecule has 0 radical (unpaired) electrons. The van der Waals surface area contributed by atoms with Crippen LogP contribution in [0, 0.1) is 0 Å². The highest BCUT2D eigenvalue weighted by atomic mass is 35.5. The van der Waals surface area contributed by atoms with Gasteiger partial charge < -0.3 is 9.84 Å². The zero-order valence-electron chi connectivity index (χ0n) is 12.9. The van der Waals surface area contributed by atoms with E-state index in [0.717, 1.165) is 11.2 Å². The number of carboxylic acid groups (broad SMARTS) is 1. The standard InChI is InChI=1S/C16H15ClO5S2/c1-10(16(18)19)22-14-8-3-11(17)9-15(14)23-12-4-6-13(7-5-12)24(2,20)21/h3-10H,1-2H3,(H,18,19)/t10-/m1/s1. The molecule has 0 aromatic heterocycles. The first-order chi connectivity index (χ1) is 11.2. The van der Waals surface area contributed by atoms with Crippen molar-refractivity contribution in [1.29, 1.82) is 0 Å². The fourth-order valence-corrected chi connectivity index (χ4v) is 3.58. The largest absolute Gasteiger partial charge is 0.479 e. The molecule has 1 atom stereocenters. The van der Waals surface area contributed by atoms with Gasteiger partial charge >= 0.3 is 5.97 Å². The average molecular weight is 387 g/mol. The first-order valence-electron chi connectivity index (χ1n) is 6.84. The molecule has 0 saturated carbocycles. The number of sulfone groups is 1. The lowest BCUT2D eigenvalue weighted by molar-refractivity contribution is -0.144. The first kappa shape index (κ1) is 18.6. The predicted octanol–water partition coefficient (Wildman–Crippen LogP) is 3.75. The van der Waals surface area contributed by atoms with Crippen LogP contribution in [0.3, 0.4) is 0 Å². The molecule has 0 spiro atoms. The van der Waals surface area contributed by atoms with Gasteiger partial charge in [0.15, 0.2) is 15.9 Å². The fourth-order valence-electron chi connectivity index (χ4n) is 1.78. The molecular weight excluding hydrogens is 372 g/mol. The van der Waals surface area contributed by atoms with E-state index in [4.69, 9.17) is 21.4 Å². The Kier molecular flexibility index (Phi) is 5.79. The van der Waals surface area contributed by atoms with E-state index in [9.17, 15) is 13.2 Å². The van der Waals surface area contributed by atoms with E-state index in [1.165, 1.54) is 30.8 Å². The quantitative estimate of drug-likeness (QED) is 0.814. The minimum atomic E-state index is -3.25. The van der Waals surface area contributed by atoms with Gasteiger partial charge in [-0.15, -0.1) is 0 Å². The minimum Gasteiger partial charge on any atom is -0.479 e. The molecular formula is C16H15ClO5S2. The highest BCUT2D eigenvalue weighted by Crippen LogP contribution is 2.37. The minimum absolute atomic E-state index is 0.230. The van der Waals surface area contributed by atoms with Crippen molar-refractivity contribution in [1.82, 2.24) is 0 Å². The van der Waals surface area contributed by atoms with E-state index in [1.807, 2.05) is 0 Å². The SMILES string of the molecule is C[C@@H](Oc1ccc(Cl)cc1Sc1ccc(S(C)(=O)=O)cc1)C(=O)O. The lowest BCUT2D eigenvalue weighted by Crippen LogP contribution is -2.23. The first-order valence-corrected chi connectivity index (χ1v) is 9.92. The third kappa shape index (κ3) is 4.90. The van der Waals surface area contributed by atoms with Crippen LogP contribution in [0.2, 0.25) is 5.02 Å². The number of carbonyl (C=O) groups is 1. The number of hydrogen-bond donors (Lipinski definition) is 1. The Labute approximate surface area is 149 Å². The van der Waals surface area contributed by atoms with Crippen molar-refractivity contribution in [2.45, 2.75) is 27.7 Å². The highest BCUT2D eigenvalue weighted by Gasteiger charge is 2.16. The topological polar surface area (TPSA) is 80.7 Å². The Morgan fingerprint density at radius 1 is 1.21 bits per heavy atom. The molecule has 8 heteroatoms. The Hall–Kier alpha value is -1.70. The Balaban J connectivity index is 2.28. The zero-order valence-corrected chi connectivity index (χ0v) is 15.3. The molecule has 2 aromatic carbocycles. The molecule has 0 heterocycles. The second kappa shape index (κ2) is 7.46. The molecule has 2 rings (SSSR count). The van der Waals surface area contributed by atoms with Crippen molar-refractivity contribution < 1.29 is 23.1 Å². The zero-order chi connectivity index (χ0) is 17.9. The molecule has 0 amide bonds. The van der Waals surface area contributed by atoms with Crippen LogP contribution in [0.25, 0.3) is 0 Å². The summed E-state index contributed by atoms with van der Waals surface area (Å²) in [4.78, 5) is 12.6. The van der Waals surface area contributed by atoms with Gasteiger partial charge in [0.2, 0.25) is 0 Å². The van der Waals surface area contributed by atoms with Crippen LogP contribution in [0.15, 0.2) is 57.2 Å². The van der Waals surface area contributed by atoms with Crippen LogP contribution in [0.5, 0.6) is 5.75 Å². The van der Waals surface area contributed by atoms with E-state index in [2.05, 4.69) is 0 Å². The van der Waals surface area contributed by atoms with Crippen LogP contribution in [-0.2, 0) is 14.6 Å². The summed E-state index contributed by atoms with van der Waals surface area (Å²) >= 11 is 7.31. The highest BCUT2D eigenvalue weighted by molar-refractivity contribution is 7.99. The fraction of sp³-hybridized carbons (Fsp3) is 0.188. The summed E-state index contributed by atoms with van der Waals surface area (Å²) in [5.41, 5.74) is 0. The molecule has 5 nitrogen and oxygen atoms in total. The predicted molar refractivity (Wildman–Crippen MR) is 92.9 cm³/mol. The molecule has 0 aliphatic heterocycles. The molecule has 0 fully saturated rings. The van der Waals surface area contributed by atoms with Crippen molar-refractivity contribution >= 4 is 39.2 Å². The van der Waals surface area contributed by atoms with Crippen LogP contribution in [0.4, 0.5) is 0 Å². The van der Waals surface area contributed by atoms with Crippen LogP contribution in [0.1, 0.15) is 6.92 Å². The van der Waals surface area contributed by atoms with E-state index >= 15 is 0 Å². The van der Waals surface area contributed by atoms with E-state index in [-0.39, 0.29) is 4.90 Å². The van der Waals surface area contributed by atoms with Gasteiger partial charge in [-0.2, -0.15) is 0 Å². The summed E-state index contributed by atoms with van der Waals surface area (Å²) in [7, 11) is -3.25. The Morgan fingerprint density at radius 3 is 2.38 bits per heavy atom. The Bertz CT molecular complexity index is 847. The molecule has 0 unspecified atom stereocenters. The van der Waals surface area contributed by atoms with Crippen molar-refractivity contribution in [3.63, 3.8) is 0 Å². The molecule has 0 bridgehead atoms. The van der Waals surface area contributed by atoms with Gasteiger partial charge in [0.1, 0.15) is 5.75 Å². The van der Waals surface area contributed by atoms with Gasteiger partial charge in [-0.3, -0.25) is 0 Å². The van der Waals surface area contributed by atoms with Crippen molar-refractivity contribution in [2.75, 3.05) is 6.26 Å². The molecule has 128 valence electrons. The van der Waals surface area contributed by atoms with Crippen molar-refractivity contribution in [3.8, 4) is 5.75 Å². The summed E-state index contributed by atoms with van der Waals surface area (Å²) in [5, 5.41) is 9.46. The summed E-state index contributed by atoms with van der Waals surface area (Å²) < 4.78 is 28.4. The number of hydrogen-bond acceptors (Lipinski definition) is 5. The smallest absolute Gasteiger partial charge is 0.344 e. The lowest BCUT2D eigenvalue weighted by atomic mass is 10.3. The number of halogens is 1. The summed E-state index contributed by atoms with van der Waals surface area (Å²) in [6.07, 6.45) is 0.142.